The molecule has 0 bridgehead atoms. The van der Waals surface area contributed by atoms with E-state index in [0.29, 0.717) is 6.54 Å². The second-order valence-electron chi connectivity index (χ2n) is 8.11. The Bertz CT molecular complexity index is 784. The number of hydrogen-bond donors (Lipinski definition) is 1. The van der Waals surface area contributed by atoms with Crippen LogP contribution < -0.4 is 5.32 Å². The Kier molecular flexibility index (Phi) is 6.82. The first-order chi connectivity index (χ1) is 14.2. The van der Waals surface area contributed by atoms with E-state index < -0.39 is 0 Å². The SMILES string of the molecule is Cc1nnc(CN=C(NCc2cccs2)N2CCN(C3CCCCC3)CC2)n1C. The van der Waals surface area contributed by atoms with Crippen molar-refractivity contribution in [2.24, 2.45) is 12.0 Å². The molecule has 0 unspecified atom stereocenters. The molecule has 0 atom stereocenters. The summed E-state index contributed by atoms with van der Waals surface area (Å²) in [4.78, 5) is 11.4. The normalized spacial score (nSPS) is 19.7. The zero-order chi connectivity index (χ0) is 20.1. The summed E-state index contributed by atoms with van der Waals surface area (Å²) >= 11 is 1.78. The molecule has 29 heavy (non-hydrogen) atoms. The number of nitrogens with zero attached hydrogens (tertiary/aromatic N) is 6. The Labute approximate surface area is 177 Å². The molecule has 1 saturated carbocycles. The van der Waals surface area contributed by atoms with Gasteiger partial charge in [-0.15, -0.1) is 21.5 Å². The van der Waals surface area contributed by atoms with Gasteiger partial charge in [0.2, 0.25) is 0 Å². The van der Waals surface area contributed by atoms with Crippen LogP contribution >= 0.6 is 11.3 Å². The Hall–Kier alpha value is -1.93. The van der Waals surface area contributed by atoms with E-state index in [9.17, 15) is 0 Å². The molecule has 2 aliphatic rings. The summed E-state index contributed by atoms with van der Waals surface area (Å²) in [5.74, 6) is 2.81. The van der Waals surface area contributed by atoms with E-state index in [4.69, 9.17) is 4.99 Å². The molecule has 7 nitrogen and oxygen atoms in total. The molecule has 2 aromatic heterocycles. The molecule has 2 aromatic rings. The van der Waals surface area contributed by atoms with E-state index in [-0.39, 0.29) is 0 Å². The average Bonchev–Trinajstić information content (AvgIpc) is 3.40. The topological polar surface area (TPSA) is 61.6 Å². The third-order valence-corrected chi connectivity index (χ3v) is 7.14. The van der Waals surface area contributed by atoms with Crippen LogP contribution in [0.2, 0.25) is 0 Å². The summed E-state index contributed by atoms with van der Waals surface area (Å²) in [6, 6.07) is 5.07. The second kappa shape index (κ2) is 9.71. The van der Waals surface area contributed by atoms with Gasteiger partial charge in [-0.1, -0.05) is 25.3 Å². The number of aliphatic imine (C=N–C) groups is 1. The molecule has 0 spiro atoms. The number of thiophene rings is 1. The zero-order valence-electron chi connectivity index (χ0n) is 17.7. The predicted molar refractivity (Wildman–Crippen MR) is 118 cm³/mol. The second-order valence-corrected chi connectivity index (χ2v) is 9.14. The first kappa shape index (κ1) is 20.3. The molecule has 1 N–H and O–H groups in total. The number of piperazine rings is 1. The van der Waals surface area contributed by atoms with Crippen LogP contribution in [0.5, 0.6) is 0 Å². The third-order valence-electron chi connectivity index (χ3n) is 6.26. The van der Waals surface area contributed by atoms with Gasteiger partial charge in [0.15, 0.2) is 11.8 Å². The van der Waals surface area contributed by atoms with E-state index >= 15 is 0 Å². The van der Waals surface area contributed by atoms with Gasteiger partial charge in [-0.2, -0.15) is 0 Å². The van der Waals surface area contributed by atoms with E-state index in [1.54, 1.807) is 11.3 Å². The maximum absolute atomic E-state index is 4.92. The van der Waals surface area contributed by atoms with Gasteiger partial charge in [0.05, 0.1) is 6.54 Å². The van der Waals surface area contributed by atoms with Crippen LogP contribution in [0, 0.1) is 6.92 Å². The lowest BCUT2D eigenvalue weighted by atomic mass is 9.94. The molecule has 0 radical (unpaired) electrons. The highest BCUT2D eigenvalue weighted by Crippen LogP contribution is 2.23. The predicted octanol–water partition coefficient (Wildman–Crippen LogP) is 2.78. The summed E-state index contributed by atoms with van der Waals surface area (Å²) in [5.41, 5.74) is 0. The summed E-state index contributed by atoms with van der Waals surface area (Å²) in [7, 11) is 2.00. The Balaban J connectivity index is 1.40. The number of aromatic nitrogens is 3. The van der Waals surface area contributed by atoms with Crippen LogP contribution in [-0.4, -0.2) is 62.7 Å². The monoisotopic (exact) mass is 415 g/mol. The third kappa shape index (κ3) is 5.17. The largest absolute Gasteiger partial charge is 0.351 e. The van der Waals surface area contributed by atoms with E-state index in [2.05, 4.69) is 42.8 Å². The molecule has 3 heterocycles. The summed E-state index contributed by atoms with van der Waals surface area (Å²) in [6.07, 6.45) is 6.97. The lowest BCUT2D eigenvalue weighted by Crippen LogP contribution is -2.54. The molecule has 158 valence electrons. The maximum Gasteiger partial charge on any atom is 0.194 e. The fraction of sp³-hybridized carbons (Fsp3) is 0.667. The standard InChI is InChI=1S/C21H33N7S/c1-17-24-25-20(26(17)2)16-23-21(22-15-19-9-6-14-29-19)28-12-10-27(11-13-28)18-7-4-3-5-8-18/h6,9,14,18H,3-5,7-8,10-13,15-16H2,1-2H3,(H,22,23). The van der Waals surface area contributed by atoms with E-state index in [1.807, 2.05) is 18.5 Å². The van der Waals surface area contributed by atoms with Gasteiger partial charge in [0.1, 0.15) is 12.4 Å². The summed E-state index contributed by atoms with van der Waals surface area (Å²) in [6.45, 7) is 7.67. The van der Waals surface area contributed by atoms with Crippen molar-refractivity contribution in [3.8, 4) is 0 Å². The molecule has 0 amide bonds. The zero-order valence-corrected chi connectivity index (χ0v) is 18.5. The molecule has 8 heteroatoms. The van der Waals surface area contributed by atoms with Crippen molar-refractivity contribution < 1.29 is 0 Å². The lowest BCUT2D eigenvalue weighted by molar-refractivity contribution is 0.106. The van der Waals surface area contributed by atoms with Gasteiger partial charge in [0.25, 0.3) is 0 Å². The van der Waals surface area contributed by atoms with Crippen molar-refractivity contribution in [2.75, 3.05) is 26.2 Å². The highest BCUT2D eigenvalue weighted by atomic mass is 32.1. The van der Waals surface area contributed by atoms with Crippen molar-refractivity contribution >= 4 is 17.3 Å². The highest BCUT2D eigenvalue weighted by molar-refractivity contribution is 7.09. The van der Waals surface area contributed by atoms with Crippen molar-refractivity contribution in [1.29, 1.82) is 0 Å². The smallest absolute Gasteiger partial charge is 0.194 e. The molecule has 4 rings (SSSR count). The first-order valence-corrected chi connectivity index (χ1v) is 11.7. The molecule has 1 aliphatic carbocycles. The Morgan fingerprint density at radius 1 is 1.17 bits per heavy atom. The van der Waals surface area contributed by atoms with Crippen LogP contribution in [0.15, 0.2) is 22.5 Å². The quantitative estimate of drug-likeness (QED) is 0.601. The van der Waals surface area contributed by atoms with Gasteiger partial charge < -0.3 is 14.8 Å². The molecule has 1 aliphatic heterocycles. The summed E-state index contributed by atoms with van der Waals surface area (Å²) < 4.78 is 2.02. The van der Waals surface area contributed by atoms with Gasteiger partial charge in [-0.25, -0.2) is 4.99 Å². The molecule has 1 saturated heterocycles. The van der Waals surface area contributed by atoms with Crippen molar-refractivity contribution in [3.05, 3.63) is 34.0 Å². The fourth-order valence-electron chi connectivity index (χ4n) is 4.33. The Morgan fingerprint density at radius 3 is 2.62 bits per heavy atom. The van der Waals surface area contributed by atoms with Crippen molar-refractivity contribution in [3.63, 3.8) is 0 Å². The number of rotatable bonds is 5. The van der Waals surface area contributed by atoms with E-state index in [1.165, 1.54) is 37.0 Å². The minimum Gasteiger partial charge on any atom is -0.351 e. The van der Waals surface area contributed by atoms with Crippen LogP contribution in [0.4, 0.5) is 0 Å². The first-order valence-electron chi connectivity index (χ1n) is 10.9. The van der Waals surface area contributed by atoms with Gasteiger partial charge in [0, 0.05) is 44.1 Å². The minimum atomic E-state index is 0.549. The number of guanidine groups is 1. The minimum absolute atomic E-state index is 0.549. The average molecular weight is 416 g/mol. The van der Waals surface area contributed by atoms with Crippen molar-refractivity contribution in [1.82, 2.24) is 29.9 Å². The fourth-order valence-corrected chi connectivity index (χ4v) is 4.97. The maximum atomic E-state index is 4.92. The van der Waals surface area contributed by atoms with Crippen molar-refractivity contribution in [2.45, 2.75) is 58.2 Å². The number of hydrogen-bond acceptors (Lipinski definition) is 5. The van der Waals surface area contributed by atoms with Gasteiger partial charge in [-0.3, -0.25) is 4.90 Å². The van der Waals surface area contributed by atoms with Crippen LogP contribution in [0.1, 0.15) is 48.6 Å². The van der Waals surface area contributed by atoms with Crippen LogP contribution in [-0.2, 0) is 20.1 Å². The van der Waals surface area contributed by atoms with Gasteiger partial charge in [-0.05, 0) is 31.2 Å². The lowest BCUT2D eigenvalue weighted by Gasteiger charge is -2.41. The molecular formula is C21H33N7S. The molecule has 0 aromatic carbocycles. The Morgan fingerprint density at radius 2 is 1.97 bits per heavy atom. The van der Waals surface area contributed by atoms with Crippen LogP contribution in [0.3, 0.4) is 0 Å². The van der Waals surface area contributed by atoms with Gasteiger partial charge >= 0.3 is 0 Å². The highest BCUT2D eigenvalue weighted by Gasteiger charge is 2.26. The summed E-state index contributed by atoms with van der Waals surface area (Å²) in [5, 5.41) is 14.1. The van der Waals surface area contributed by atoms with Crippen LogP contribution in [0.25, 0.3) is 0 Å². The molecular weight excluding hydrogens is 382 g/mol. The number of nitrogens with one attached hydrogen (secondary N) is 1. The molecule has 2 fully saturated rings. The number of aryl methyl sites for hydroxylation is 1. The van der Waals surface area contributed by atoms with E-state index in [0.717, 1.165) is 56.4 Å².